The standard InChI is InChI=1S/C16H23NO/c17-16(13-7-9-18-10-8-13)15-6-2-5-14(11-15)12-3-1-4-12/h2,5-6,11-13,16H,1,3-4,7-10,17H2. The summed E-state index contributed by atoms with van der Waals surface area (Å²) in [5.41, 5.74) is 9.27. The number of rotatable bonds is 3. The molecular formula is C16H23NO. The van der Waals surface area contributed by atoms with Gasteiger partial charge in [0, 0.05) is 19.3 Å². The molecule has 3 rings (SSSR count). The second-order valence-electron chi connectivity index (χ2n) is 5.77. The Balaban J connectivity index is 1.73. The number of benzene rings is 1. The molecule has 1 atom stereocenters. The van der Waals surface area contributed by atoms with Crippen LogP contribution in [-0.4, -0.2) is 13.2 Å². The number of ether oxygens (including phenoxy) is 1. The van der Waals surface area contributed by atoms with Gasteiger partial charge in [0.2, 0.25) is 0 Å². The van der Waals surface area contributed by atoms with Gasteiger partial charge in [-0.05, 0) is 48.6 Å². The molecule has 98 valence electrons. The minimum absolute atomic E-state index is 0.189. The molecular weight excluding hydrogens is 222 g/mol. The average Bonchev–Trinajstić information content (AvgIpc) is 2.37. The Labute approximate surface area is 110 Å². The van der Waals surface area contributed by atoms with Crippen LogP contribution in [0.25, 0.3) is 0 Å². The zero-order valence-corrected chi connectivity index (χ0v) is 11.0. The lowest BCUT2D eigenvalue weighted by Gasteiger charge is -2.30. The van der Waals surface area contributed by atoms with E-state index in [2.05, 4.69) is 24.3 Å². The summed E-state index contributed by atoms with van der Waals surface area (Å²) < 4.78 is 5.42. The van der Waals surface area contributed by atoms with Crippen molar-refractivity contribution in [2.45, 2.75) is 44.1 Å². The molecule has 1 aromatic carbocycles. The van der Waals surface area contributed by atoms with E-state index in [1.807, 2.05) is 0 Å². The Hall–Kier alpha value is -0.860. The first-order valence-corrected chi connectivity index (χ1v) is 7.28. The third-order valence-corrected chi connectivity index (χ3v) is 4.65. The molecule has 1 aliphatic heterocycles. The van der Waals surface area contributed by atoms with Gasteiger partial charge in [0.05, 0.1) is 0 Å². The Morgan fingerprint density at radius 1 is 1.11 bits per heavy atom. The van der Waals surface area contributed by atoms with Crippen LogP contribution in [0, 0.1) is 5.92 Å². The monoisotopic (exact) mass is 245 g/mol. The Kier molecular flexibility index (Phi) is 3.67. The van der Waals surface area contributed by atoms with E-state index in [0.29, 0.717) is 5.92 Å². The van der Waals surface area contributed by atoms with Crippen molar-refractivity contribution >= 4 is 0 Å². The quantitative estimate of drug-likeness (QED) is 0.886. The van der Waals surface area contributed by atoms with Gasteiger partial charge in [-0.3, -0.25) is 0 Å². The first-order valence-electron chi connectivity index (χ1n) is 7.28. The van der Waals surface area contributed by atoms with Crippen molar-refractivity contribution in [1.82, 2.24) is 0 Å². The first-order chi connectivity index (χ1) is 8.84. The molecule has 1 aromatic rings. The van der Waals surface area contributed by atoms with E-state index in [-0.39, 0.29) is 6.04 Å². The predicted octanol–water partition coefficient (Wildman–Crippen LogP) is 3.38. The van der Waals surface area contributed by atoms with E-state index in [9.17, 15) is 0 Å². The van der Waals surface area contributed by atoms with E-state index in [0.717, 1.165) is 32.0 Å². The highest BCUT2D eigenvalue weighted by Crippen LogP contribution is 2.37. The maximum absolute atomic E-state index is 6.44. The van der Waals surface area contributed by atoms with Crippen LogP contribution >= 0.6 is 0 Å². The van der Waals surface area contributed by atoms with Crippen LogP contribution in [-0.2, 0) is 4.74 Å². The van der Waals surface area contributed by atoms with Crippen LogP contribution in [0.1, 0.15) is 55.2 Å². The van der Waals surface area contributed by atoms with Crippen LogP contribution in [0.2, 0.25) is 0 Å². The fraction of sp³-hybridized carbons (Fsp3) is 0.625. The second kappa shape index (κ2) is 5.41. The molecule has 1 saturated heterocycles. The van der Waals surface area contributed by atoms with Crippen molar-refractivity contribution in [3.63, 3.8) is 0 Å². The van der Waals surface area contributed by atoms with E-state index < -0.39 is 0 Å². The number of hydrogen-bond acceptors (Lipinski definition) is 2. The topological polar surface area (TPSA) is 35.2 Å². The SMILES string of the molecule is NC(c1cccc(C2CCC2)c1)C1CCOCC1. The summed E-state index contributed by atoms with van der Waals surface area (Å²) in [6.07, 6.45) is 6.32. The van der Waals surface area contributed by atoms with Crippen molar-refractivity contribution in [2.24, 2.45) is 11.7 Å². The Morgan fingerprint density at radius 2 is 1.89 bits per heavy atom. The summed E-state index contributed by atoms with van der Waals surface area (Å²) in [5.74, 6) is 1.39. The lowest BCUT2D eigenvalue weighted by molar-refractivity contribution is 0.0583. The van der Waals surface area contributed by atoms with Gasteiger partial charge in [-0.2, -0.15) is 0 Å². The summed E-state index contributed by atoms with van der Waals surface area (Å²) in [6, 6.07) is 9.19. The van der Waals surface area contributed by atoms with E-state index in [4.69, 9.17) is 10.5 Å². The van der Waals surface area contributed by atoms with Gasteiger partial charge in [0.25, 0.3) is 0 Å². The van der Waals surface area contributed by atoms with Gasteiger partial charge in [-0.25, -0.2) is 0 Å². The normalized spacial score (nSPS) is 23.6. The fourth-order valence-electron chi connectivity index (χ4n) is 3.11. The minimum Gasteiger partial charge on any atom is -0.381 e. The lowest BCUT2D eigenvalue weighted by Crippen LogP contribution is -2.27. The minimum atomic E-state index is 0.189. The fourth-order valence-corrected chi connectivity index (χ4v) is 3.11. The summed E-state index contributed by atoms with van der Waals surface area (Å²) in [4.78, 5) is 0. The highest BCUT2D eigenvalue weighted by molar-refractivity contribution is 5.30. The van der Waals surface area contributed by atoms with Gasteiger partial charge >= 0.3 is 0 Å². The molecule has 2 fully saturated rings. The molecule has 1 unspecified atom stereocenters. The van der Waals surface area contributed by atoms with E-state index in [1.54, 1.807) is 0 Å². The van der Waals surface area contributed by atoms with Crippen LogP contribution in [0.4, 0.5) is 0 Å². The molecule has 2 N–H and O–H groups in total. The van der Waals surface area contributed by atoms with Gasteiger partial charge < -0.3 is 10.5 Å². The van der Waals surface area contributed by atoms with Crippen LogP contribution < -0.4 is 5.73 Å². The summed E-state index contributed by atoms with van der Waals surface area (Å²) in [7, 11) is 0. The molecule has 0 bridgehead atoms. The third kappa shape index (κ3) is 2.45. The molecule has 1 aliphatic carbocycles. The maximum atomic E-state index is 6.44. The predicted molar refractivity (Wildman–Crippen MR) is 73.5 cm³/mol. The molecule has 0 radical (unpaired) electrons. The van der Waals surface area contributed by atoms with Crippen LogP contribution in [0.15, 0.2) is 24.3 Å². The first kappa shape index (κ1) is 12.2. The van der Waals surface area contributed by atoms with Gasteiger partial charge in [0.1, 0.15) is 0 Å². The van der Waals surface area contributed by atoms with Gasteiger partial charge in [-0.1, -0.05) is 30.7 Å². The maximum Gasteiger partial charge on any atom is 0.0469 e. The van der Waals surface area contributed by atoms with Crippen LogP contribution in [0.5, 0.6) is 0 Å². The largest absolute Gasteiger partial charge is 0.381 e. The van der Waals surface area contributed by atoms with Crippen molar-refractivity contribution in [3.8, 4) is 0 Å². The molecule has 1 saturated carbocycles. The van der Waals surface area contributed by atoms with E-state index in [1.165, 1.54) is 30.4 Å². The highest BCUT2D eigenvalue weighted by Gasteiger charge is 2.24. The molecule has 18 heavy (non-hydrogen) atoms. The molecule has 1 heterocycles. The van der Waals surface area contributed by atoms with E-state index >= 15 is 0 Å². The number of hydrogen-bond donors (Lipinski definition) is 1. The average molecular weight is 245 g/mol. The molecule has 0 aromatic heterocycles. The second-order valence-corrected chi connectivity index (χ2v) is 5.77. The third-order valence-electron chi connectivity index (χ3n) is 4.65. The molecule has 2 aliphatic rings. The summed E-state index contributed by atoms with van der Waals surface area (Å²) in [5, 5.41) is 0. The lowest BCUT2D eigenvalue weighted by atomic mass is 9.78. The smallest absolute Gasteiger partial charge is 0.0469 e. The Morgan fingerprint density at radius 3 is 2.56 bits per heavy atom. The summed E-state index contributed by atoms with van der Waals surface area (Å²) >= 11 is 0. The van der Waals surface area contributed by atoms with Gasteiger partial charge in [0.15, 0.2) is 0 Å². The molecule has 0 amide bonds. The summed E-state index contributed by atoms with van der Waals surface area (Å²) in [6.45, 7) is 1.75. The molecule has 2 heteroatoms. The zero-order chi connectivity index (χ0) is 12.4. The molecule has 0 spiro atoms. The zero-order valence-electron chi connectivity index (χ0n) is 11.0. The Bertz CT molecular complexity index is 394. The van der Waals surface area contributed by atoms with Gasteiger partial charge in [-0.15, -0.1) is 0 Å². The van der Waals surface area contributed by atoms with Crippen molar-refractivity contribution in [1.29, 1.82) is 0 Å². The van der Waals surface area contributed by atoms with Crippen LogP contribution in [0.3, 0.4) is 0 Å². The van der Waals surface area contributed by atoms with Crippen molar-refractivity contribution in [2.75, 3.05) is 13.2 Å². The number of nitrogens with two attached hydrogens (primary N) is 1. The molecule has 2 nitrogen and oxygen atoms in total. The van der Waals surface area contributed by atoms with Crippen molar-refractivity contribution < 1.29 is 4.74 Å². The van der Waals surface area contributed by atoms with Crippen molar-refractivity contribution in [3.05, 3.63) is 35.4 Å². The highest BCUT2D eigenvalue weighted by atomic mass is 16.5.